The minimum absolute atomic E-state index is 0.150. The van der Waals surface area contributed by atoms with Crippen LogP contribution >= 0.6 is 12.2 Å². The van der Waals surface area contributed by atoms with Crippen LogP contribution in [0.5, 0.6) is 5.88 Å². The Bertz CT molecular complexity index is 698. The van der Waals surface area contributed by atoms with Crippen LogP contribution in [0.15, 0.2) is 36.5 Å². The standard InChI is InChI=1S/C19H25N3OS/c1-12(2)18(16-8-6-13(3)10-14(16)4)22-19(24)21-15-7-9-17(23-5)20-11-15/h6-12,18H,1-5H3,(H2,21,22,24). The van der Waals surface area contributed by atoms with E-state index in [1.807, 2.05) is 6.07 Å². The maximum Gasteiger partial charge on any atom is 0.213 e. The van der Waals surface area contributed by atoms with Gasteiger partial charge in [-0.1, -0.05) is 37.6 Å². The van der Waals surface area contributed by atoms with Gasteiger partial charge in [-0.2, -0.15) is 0 Å². The third kappa shape index (κ3) is 4.68. The largest absolute Gasteiger partial charge is 0.481 e. The Kier molecular flexibility index (Phi) is 6.15. The van der Waals surface area contributed by atoms with Crippen LogP contribution in [0.25, 0.3) is 0 Å². The normalized spacial score (nSPS) is 11.9. The lowest BCUT2D eigenvalue weighted by Gasteiger charge is -2.26. The molecular formula is C19H25N3OS. The molecule has 1 heterocycles. The predicted molar refractivity (Wildman–Crippen MR) is 104 cm³/mol. The highest BCUT2D eigenvalue weighted by Gasteiger charge is 2.18. The van der Waals surface area contributed by atoms with Crippen molar-refractivity contribution in [2.75, 3.05) is 12.4 Å². The van der Waals surface area contributed by atoms with Gasteiger partial charge in [0.2, 0.25) is 5.88 Å². The maximum absolute atomic E-state index is 5.48. The Morgan fingerprint density at radius 3 is 2.46 bits per heavy atom. The highest BCUT2D eigenvalue weighted by molar-refractivity contribution is 7.80. The Labute approximate surface area is 149 Å². The van der Waals surface area contributed by atoms with E-state index in [1.165, 1.54) is 16.7 Å². The molecule has 0 radical (unpaired) electrons. The first-order valence-corrected chi connectivity index (χ1v) is 8.46. The van der Waals surface area contributed by atoms with Crippen molar-refractivity contribution in [3.63, 3.8) is 0 Å². The molecule has 0 bridgehead atoms. The Hall–Kier alpha value is -2.14. The molecule has 0 amide bonds. The van der Waals surface area contributed by atoms with E-state index < -0.39 is 0 Å². The number of aryl methyl sites for hydroxylation is 2. The molecule has 2 rings (SSSR count). The zero-order chi connectivity index (χ0) is 17.7. The lowest BCUT2D eigenvalue weighted by molar-refractivity contribution is 0.398. The van der Waals surface area contributed by atoms with Crippen molar-refractivity contribution < 1.29 is 4.74 Å². The van der Waals surface area contributed by atoms with Gasteiger partial charge in [0.15, 0.2) is 5.11 Å². The number of ether oxygens (including phenoxy) is 1. The van der Waals surface area contributed by atoms with E-state index in [9.17, 15) is 0 Å². The van der Waals surface area contributed by atoms with Crippen molar-refractivity contribution in [1.82, 2.24) is 10.3 Å². The zero-order valence-corrected chi connectivity index (χ0v) is 15.7. The number of aromatic nitrogens is 1. The average molecular weight is 343 g/mol. The van der Waals surface area contributed by atoms with Crippen molar-refractivity contribution in [3.8, 4) is 5.88 Å². The van der Waals surface area contributed by atoms with Gasteiger partial charge in [0, 0.05) is 6.07 Å². The molecule has 2 N–H and O–H groups in total. The highest BCUT2D eigenvalue weighted by Crippen LogP contribution is 2.25. The third-order valence-electron chi connectivity index (χ3n) is 3.92. The van der Waals surface area contributed by atoms with Gasteiger partial charge < -0.3 is 15.4 Å². The van der Waals surface area contributed by atoms with Gasteiger partial charge in [-0.3, -0.25) is 0 Å². The second-order valence-electron chi connectivity index (χ2n) is 6.27. The summed E-state index contributed by atoms with van der Waals surface area (Å²) in [4.78, 5) is 4.17. The average Bonchev–Trinajstić information content (AvgIpc) is 2.54. The van der Waals surface area contributed by atoms with E-state index in [0.717, 1.165) is 5.69 Å². The number of benzene rings is 1. The third-order valence-corrected chi connectivity index (χ3v) is 4.14. The van der Waals surface area contributed by atoms with Gasteiger partial charge in [0.05, 0.1) is 25.0 Å². The summed E-state index contributed by atoms with van der Waals surface area (Å²) in [5.74, 6) is 0.981. The summed E-state index contributed by atoms with van der Waals surface area (Å²) >= 11 is 5.48. The van der Waals surface area contributed by atoms with Gasteiger partial charge in [-0.05, 0) is 49.2 Å². The fourth-order valence-corrected chi connectivity index (χ4v) is 2.91. The summed E-state index contributed by atoms with van der Waals surface area (Å²) in [7, 11) is 1.60. The van der Waals surface area contributed by atoms with Gasteiger partial charge in [0.1, 0.15) is 0 Å². The highest BCUT2D eigenvalue weighted by atomic mass is 32.1. The molecule has 1 aromatic heterocycles. The second kappa shape index (κ2) is 8.11. The summed E-state index contributed by atoms with van der Waals surface area (Å²) in [6.07, 6.45) is 1.70. The molecule has 128 valence electrons. The van der Waals surface area contributed by atoms with Crippen LogP contribution in [0.3, 0.4) is 0 Å². The first kappa shape index (κ1) is 18.2. The summed E-state index contributed by atoms with van der Waals surface area (Å²) in [6, 6.07) is 10.4. The number of nitrogens with zero attached hydrogens (tertiary/aromatic N) is 1. The number of hydrogen-bond acceptors (Lipinski definition) is 3. The first-order chi connectivity index (χ1) is 11.4. The summed E-state index contributed by atoms with van der Waals surface area (Å²) in [5.41, 5.74) is 4.64. The number of rotatable bonds is 5. The molecule has 0 saturated carbocycles. The Balaban J connectivity index is 2.10. The minimum atomic E-state index is 0.150. The van der Waals surface area contributed by atoms with Gasteiger partial charge >= 0.3 is 0 Å². The minimum Gasteiger partial charge on any atom is -0.481 e. The molecule has 0 aliphatic carbocycles. The zero-order valence-electron chi connectivity index (χ0n) is 14.9. The number of nitrogens with one attached hydrogen (secondary N) is 2. The molecular weight excluding hydrogens is 318 g/mol. The van der Waals surface area contributed by atoms with E-state index in [1.54, 1.807) is 19.4 Å². The van der Waals surface area contributed by atoms with E-state index in [0.29, 0.717) is 16.9 Å². The number of methoxy groups -OCH3 is 1. The van der Waals surface area contributed by atoms with E-state index in [4.69, 9.17) is 17.0 Å². The Morgan fingerprint density at radius 2 is 1.92 bits per heavy atom. The van der Waals surface area contributed by atoms with Crippen LogP contribution in [0.2, 0.25) is 0 Å². The summed E-state index contributed by atoms with van der Waals surface area (Å²) in [5, 5.41) is 7.20. The Morgan fingerprint density at radius 1 is 1.17 bits per heavy atom. The molecule has 1 aromatic carbocycles. The summed E-state index contributed by atoms with van der Waals surface area (Å²) < 4.78 is 5.06. The van der Waals surface area contributed by atoms with Crippen molar-refractivity contribution in [3.05, 3.63) is 53.2 Å². The smallest absolute Gasteiger partial charge is 0.213 e. The van der Waals surface area contributed by atoms with Crippen LogP contribution in [-0.2, 0) is 0 Å². The van der Waals surface area contributed by atoms with E-state index in [2.05, 4.69) is 61.5 Å². The van der Waals surface area contributed by atoms with Crippen LogP contribution in [0.4, 0.5) is 5.69 Å². The number of thiocarbonyl (C=S) groups is 1. The molecule has 1 atom stereocenters. The number of anilines is 1. The lowest BCUT2D eigenvalue weighted by Crippen LogP contribution is -2.35. The molecule has 2 aromatic rings. The fourth-order valence-electron chi connectivity index (χ4n) is 2.66. The monoisotopic (exact) mass is 343 g/mol. The predicted octanol–water partition coefficient (Wildman–Crippen LogP) is 4.39. The van der Waals surface area contributed by atoms with E-state index >= 15 is 0 Å². The van der Waals surface area contributed by atoms with Crippen molar-refractivity contribution in [1.29, 1.82) is 0 Å². The molecule has 0 aliphatic heterocycles. The van der Waals surface area contributed by atoms with Crippen LogP contribution in [-0.4, -0.2) is 17.2 Å². The SMILES string of the molecule is COc1ccc(NC(=S)NC(c2ccc(C)cc2C)C(C)C)cn1. The van der Waals surface area contributed by atoms with Gasteiger partial charge in [-0.15, -0.1) is 0 Å². The summed E-state index contributed by atoms with van der Waals surface area (Å²) in [6.45, 7) is 8.63. The quantitative estimate of drug-likeness (QED) is 0.788. The van der Waals surface area contributed by atoms with Crippen molar-refractivity contribution in [2.24, 2.45) is 5.92 Å². The fraction of sp³-hybridized carbons (Fsp3) is 0.368. The molecule has 4 nitrogen and oxygen atoms in total. The molecule has 0 saturated heterocycles. The topological polar surface area (TPSA) is 46.2 Å². The molecule has 0 aliphatic rings. The van der Waals surface area contributed by atoms with E-state index in [-0.39, 0.29) is 6.04 Å². The molecule has 0 fully saturated rings. The van der Waals surface area contributed by atoms with Crippen LogP contribution in [0.1, 0.15) is 36.6 Å². The van der Waals surface area contributed by atoms with Gasteiger partial charge in [-0.25, -0.2) is 4.98 Å². The second-order valence-corrected chi connectivity index (χ2v) is 6.68. The van der Waals surface area contributed by atoms with Crippen molar-refractivity contribution in [2.45, 2.75) is 33.7 Å². The molecule has 5 heteroatoms. The molecule has 1 unspecified atom stereocenters. The van der Waals surface area contributed by atoms with Crippen LogP contribution < -0.4 is 15.4 Å². The maximum atomic E-state index is 5.48. The van der Waals surface area contributed by atoms with Crippen LogP contribution in [0, 0.1) is 19.8 Å². The van der Waals surface area contributed by atoms with Crippen molar-refractivity contribution >= 4 is 23.0 Å². The lowest BCUT2D eigenvalue weighted by atomic mass is 9.92. The molecule has 24 heavy (non-hydrogen) atoms. The molecule has 0 spiro atoms. The number of pyridine rings is 1. The first-order valence-electron chi connectivity index (χ1n) is 8.05. The number of hydrogen-bond donors (Lipinski definition) is 2. The van der Waals surface area contributed by atoms with Gasteiger partial charge in [0.25, 0.3) is 0 Å².